The first-order valence-corrected chi connectivity index (χ1v) is 11.1. The first kappa shape index (κ1) is 25.2. The number of hydrogen-bond acceptors (Lipinski definition) is 6. The number of likely N-dealkylation sites (N-methyl/N-ethyl adjacent to an activating group) is 1. The number of nitrogens with zero attached hydrogens (tertiary/aromatic N) is 2. The SMILES string of the molecule is COC[C@H](NC(=O)OCC1c2ccccc2-c2ccccc21)C(=O)N(CCN(C)C)CC(=O)O. The van der Waals surface area contributed by atoms with Crippen LogP contribution >= 0.6 is 0 Å². The Bertz CT molecular complexity index is 980. The molecule has 0 radical (unpaired) electrons. The Balaban J connectivity index is 1.67. The first-order chi connectivity index (χ1) is 16.3. The highest BCUT2D eigenvalue weighted by atomic mass is 16.5. The predicted octanol–water partition coefficient (Wildman–Crippen LogP) is 2.01. The molecule has 1 aliphatic carbocycles. The minimum atomic E-state index is -1.13. The molecule has 0 saturated heterocycles. The normalized spacial score (nSPS) is 13.2. The number of carbonyl (C=O) groups excluding carboxylic acids is 2. The lowest BCUT2D eigenvalue weighted by Crippen LogP contribution is -2.53. The Morgan fingerprint density at radius 1 is 1.00 bits per heavy atom. The quantitative estimate of drug-likeness (QED) is 0.518. The molecule has 0 fully saturated rings. The van der Waals surface area contributed by atoms with E-state index in [-0.39, 0.29) is 25.7 Å². The summed E-state index contributed by atoms with van der Waals surface area (Å²) in [6.07, 6.45) is -0.764. The Labute approximate surface area is 199 Å². The minimum absolute atomic E-state index is 0.104. The molecule has 0 unspecified atom stereocenters. The second-order valence-electron chi connectivity index (χ2n) is 8.43. The van der Waals surface area contributed by atoms with Crippen molar-refractivity contribution < 1.29 is 29.0 Å². The molecule has 0 aliphatic heterocycles. The molecule has 182 valence electrons. The number of hydrogen-bond donors (Lipinski definition) is 2. The van der Waals surface area contributed by atoms with E-state index < -0.39 is 30.6 Å². The predicted molar refractivity (Wildman–Crippen MR) is 127 cm³/mol. The van der Waals surface area contributed by atoms with Gasteiger partial charge in [-0.2, -0.15) is 0 Å². The van der Waals surface area contributed by atoms with Crippen LogP contribution in [-0.2, 0) is 19.1 Å². The number of fused-ring (bicyclic) bond motifs is 3. The number of alkyl carbamates (subject to hydrolysis) is 1. The summed E-state index contributed by atoms with van der Waals surface area (Å²) in [4.78, 5) is 39.9. The van der Waals surface area contributed by atoms with Gasteiger partial charge in [0.25, 0.3) is 0 Å². The molecule has 0 bridgehead atoms. The summed E-state index contributed by atoms with van der Waals surface area (Å²) in [6.45, 7) is 0.196. The third-order valence-electron chi connectivity index (χ3n) is 5.72. The fourth-order valence-electron chi connectivity index (χ4n) is 4.10. The van der Waals surface area contributed by atoms with Crippen molar-refractivity contribution in [3.8, 4) is 11.1 Å². The Kier molecular flexibility index (Phi) is 8.61. The average molecular weight is 470 g/mol. The number of amides is 2. The second-order valence-corrected chi connectivity index (χ2v) is 8.43. The van der Waals surface area contributed by atoms with Crippen molar-refractivity contribution in [3.05, 3.63) is 59.7 Å². The molecule has 2 aromatic rings. The second kappa shape index (κ2) is 11.6. The Morgan fingerprint density at radius 3 is 2.12 bits per heavy atom. The van der Waals surface area contributed by atoms with Crippen LogP contribution in [0.15, 0.2) is 48.5 Å². The number of nitrogens with one attached hydrogen (secondary N) is 1. The zero-order valence-corrected chi connectivity index (χ0v) is 19.7. The van der Waals surface area contributed by atoms with Crippen LogP contribution < -0.4 is 5.32 Å². The van der Waals surface area contributed by atoms with Crippen molar-refractivity contribution in [1.29, 1.82) is 0 Å². The summed E-state index contributed by atoms with van der Waals surface area (Å²) in [5.74, 6) is -1.79. The first-order valence-electron chi connectivity index (χ1n) is 11.1. The van der Waals surface area contributed by atoms with E-state index in [1.54, 1.807) is 0 Å². The third kappa shape index (κ3) is 6.12. The summed E-state index contributed by atoms with van der Waals surface area (Å²) in [6, 6.07) is 14.9. The highest BCUT2D eigenvalue weighted by molar-refractivity contribution is 5.88. The van der Waals surface area contributed by atoms with Crippen molar-refractivity contribution in [2.45, 2.75) is 12.0 Å². The molecule has 1 atom stereocenters. The van der Waals surface area contributed by atoms with Crippen LogP contribution in [0.4, 0.5) is 4.79 Å². The summed E-state index contributed by atoms with van der Waals surface area (Å²) in [5, 5.41) is 11.8. The Morgan fingerprint density at radius 2 is 1.59 bits per heavy atom. The van der Waals surface area contributed by atoms with E-state index in [9.17, 15) is 19.5 Å². The summed E-state index contributed by atoms with van der Waals surface area (Å²) >= 11 is 0. The lowest BCUT2D eigenvalue weighted by molar-refractivity contribution is -0.146. The largest absolute Gasteiger partial charge is 0.480 e. The number of aliphatic carboxylic acids is 1. The summed E-state index contributed by atoms with van der Waals surface area (Å²) in [7, 11) is 5.05. The van der Waals surface area contributed by atoms with Gasteiger partial charge in [0.05, 0.1) is 6.61 Å². The van der Waals surface area contributed by atoms with Crippen LogP contribution in [0.5, 0.6) is 0 Å². The Hall–Kier alpha value is -3.43. The van der Waals surface area contributed by atoms with E-state index in [1.165, 1.54) is 12.0 Å². The van der Waals surface area contributed by atoms with Crippen molar-refractivity contribution in [2.24, 2.45) is 0 Å². The molecule has 0 heterocycles. The van der Waals surface area contributed by atoms with Crippen molar-refractivity contribution in [2.75, 3.05) is 54.1 Å². The van der Waals surface area contributed by atoms with Crippen molar-refractivity contribution >= 4 is 18.0 Å². The van der Waals surface area contributed by atoms with Gasteiger partial charge in [-0.1, -0.05) is 48.5 Å². The molecule has 0 spiro atoms. The fraction of sp³-hybridized carbons (Fsp3) is 0.400. The standard InChI is InChI=1S/C25H31N3O6/c1-27(2)12-13-28(14-23(29)30)24(31)22(16-33-3)26-25(32)34-15-21-19-10-6-4-8-17(19)18-9-5-7-11-20(18)21/h4-11,21-22H,12-16H2,1-3H3,(H,26,32)(H,29,30)/t22-/m0/s1. The molecule has 2 aromatic carbocycles. The topological polar surface area (TPSA) is 108 Å². The van der Waals surface area contributed by atoms with E-state index in [0.717, 1.165) is 22.3 Å². The van der Waals surface area contributed by atoms with Crippen LogP contribution in [0.2, 0.25) is 0 Å². The van der Waals surface area contributed by atoms with E-state index >= 15 is 0 Å². The fourth-order valence-corrected chi connectivity index (χ4v) is 4.10. The molecule has 0 saturated carbocycles. The summed E-state index contributed by atoms with van der Waals surface area (Å²) in [5.41, 5.74) is 4.39. The van der Waals surface area contributed by atoms with Gasteiger partial charge >= 0.3 is 12.1 Å². The molecule has 1 aliphatic rings. The zero-order valence-electron chi connectivity index (χ0n) is 19.7. The van der Waals surface area contributed by atoms with E-state index in [0.29, 0.717) is 6.54 Å². The van der Waals surface area contributed by atoms with E-state index in [2.05, 4.69) is 5.32 Å². The molecule has 9 nitrogen and oxygen atoms in total. The number of benzene rings is 2. The van der Waals surface area contributed by atoms with Gasteiger partial charge in [-0.3, -0.25) is 9.59 Å². The van der Waals surface area contributed by atoms with Gasteiger partial charge in [-0.15, -0.1) is 0 Å². The number of carboxylic acids is 1. The number of carbonyl (C=O) groups is 3. The zero-order chi connectivity index (χ0) is 24.7. The molecular weight excluding hydrogens is 438 g/mol. The molecule has 0 aromatic heterocycles. The van der Waals surface area contributed by atoms with Gasteiger partial charge in [0, 0.05) is 26.1 Å². The van der Waals surface area contributed by atoms with Gasteiger partial charge in [-0.25, -0.2) is 4.79 Å². The lowest BCUT2D eigenvalue weighted by Gasteiger charge is -2.27. The highest BCUT2D eigenvalue weighted by Crippen LogP contribution is 2.44. The maximum absolute atomic E-state index is 13.0. The van der Waals surface area contributed by atoms with Crippen LogP contribution in [0.25, 0.3) is 11.1 Å². The third-order valence-corrected chi connectivity index (χ3v) is 5.72. The number of rotatable bonds is 11. The smallest absolute Gasteiger partial charge is 0.407 e. The van der Waals surface area contributed by atoms with Crippen LogP contribution in [0.1, 0.15) is 17.0 Å². The van der Waals surface area contributed by atoms with Gasteiger partial charge in [0.2, 0.25) is 5.91 Å². The molecule has 2 N–H and O–H groups in total. The van der Waals surface area contributed by atoms with E-state index in [4.69, 9.17) is 9.47 Å². The van der Waals surface area contributed by atoms with Crippen molar-refractivity contribution in [1.82, 2.24) is 15.1 Å². The van der Waals surface area contributed by atoms with Gasteiger partial charge < -0.3 is 29.7 Å². The van der Waals surface area contributed by atoms with Crippen LogP contribution in [0.3, 0.4) is 0 Å². The number of methoxy groups -OCH3 is 1. The van der Waals surface area contributed by atoms with Gasteiger partial charge in [0.15, 0.2) is 0 Å². The lowest BCUT2D eigenvalue weighted by atomic mass is 9.98. The molecular formula is C25H31N3O6. The molecule has 34 heavy (non-hydrogen) atoms. The number of carboxylic acid groups (broad SMARTS) is 1. The molecule has 2 amide bonds. The summed E-state index contributed by atoms with van der Waals surface area (Å²) < 4.78 is 10.6. The van der Waals surface area contributed by atoms with E-state index in [1.807, 2.05) is 67.5 Å². The maximum atomic E-state index is 13.0. The highest BCUT2D eigenvalue weighted by Gasteiger charge is 2.31. The number of ether oxygens (including phenoxy) is 2. The average Bonchev–Trinajstić information content (AvgIpc) is 3.13. The molecule has 3 rings (SSSR count). The van der Waals surface area contributed by atoms with Crippen LogP contribution in [0, 0.1) is 0 Å². The van der Waals surface area contributed by atoms with Crippen molar-refractivity contribution in [3.63, 3.8) is 0 Å². The van der Waals surface area contributed by atoms with Gasteiger partial charge in [-0.05, 0) is 36.3 Å². The van der Waals surface area contributed by atoms with Crippen LogP contribution in [-0.4, -0.2) is 93.0 Å². The maximum Gasteiger partial charge on any atom is 0.407 e. The minimum Gasteiger partial charge on any atom is -0.480 e. The van der Waals surface area contributed by atoms with Gasteiger partial charge in [0.1, 0.15) is 19.2 Å². The monoisotopic (exact) mass is 469 g/mol. The molecule has 9 heteroatoms.